The summed E-state index contributed by atoms with van der Waals surface area (Å²) in [5.41, 5.74) is 3.20. The molecule has 1 aliphatic rings. The number of fused-ring (bicyclic) bond motifs is 2. The molecule has 0 amide bonds. The van der Waals surface area contributed by atoms with Gasteiger partial charge in [-0.15, -0.1) is 5.10 Å². The minimum Gasteiger partial charge on any atom is -0.497 e. The fraction of sp³-hybridized carbons (Fsp3) is 0.185. The summed E-state index contributed by atoms with van der Waals surface area (Å²) in [6.45, 7) is 0.536. The van der Waals surface area contributed by atoms with Crippen molar-refractivity contribution < 1.29 is 19.1 Å². The lowest BCUT2D eigenvalue weighted by molar-refractivity contribution is -0.144. The van der Waals surface area contributed by atoms with Crippen molar-refractivity contribution in [2.75, 3.05) is 18.6 Å². The van der Waals surface area contributed by atoms with E-state index < -0.39 is 0 Å². The van der Waals surface area contributed by atoms with Gasteiger partial charge in [-0.1, -0.05) is 41.2 Å². The Morgan fingerprint density at radius 2 is 1.58 bits per heavy atom. The van der Waals surface area contributed by atoms with Crippen molar-refractivity contribution in [3.8, 4) is 5.75 Å². The van der Waals surface area contributed by atoms with Crippen LogP contribution in [0, 0.1) is 0 Å². The number of nitrogens with zero attached hydrogens (tertiary/aromatic N) is 4. The highest BCUT2D eigenvalue weighted by Crippen LogP contribution is 2.47. The van der Waals surface area contributed by atoms with Crippen molar-refractivity contribution in [2.45, 2.75) is 29.4 Å². The summed E-state index contributed by atoms with van der Waals surface area (Å²) in [6.07, 6.45) is 1.83. The lowest BCUT2D eigenvalue weighted by Gasteiger charge is -2.32. The Hall–Kier alpha value is -4.11. The average Bonchev–Trinajstić information content (AvgIpc) is 3.37. The van der Waals surface area contributed by atoms with Crippen molar-refractivity contribution in [1.82, 2.24) is 15.0 Å². The van der Waals surface area contributed by atoms with Crippen molar-refractivity contribution in [3.63, 3.8) is 0 Å². The van der Waals surface area contributed by atoms with Gasteiger partial charge >= 0.3 is 5.97 Å². The zero-order valence-electron chi connectivity index (χ0n) is 19.7. The van der Waals surface area contributed by atoms with Crippen molar-refractivity contribution in [3.05, 3.63) is 90.3 Å². The average molecular weight is 501 g/mol. The van der Waals surface area contributed by atoms with Crippen LogP contribution in [0.15, 0.2) is 88.8 Å². The maximum Gasteiger partial charge on any atom is 0.307 e. The molecule has 5 rings (SSSR count). The van der Waals surface area contributed by atoms with Gasteiger partial charge < -0.3 is 14.4 Å². The Labute approximate surface area is 212 Å². The number of ether oxygens (including phenoxy) is 2. The van der Waals surface area contributed by atoms with Crippen LogP contribution < -0.4 is 9.64 Å². The Balaban J connectivity index is 1.15. The topological polar surface area (TPSA) is 86.5 Å². The van der Waals surface area contributed by atoms with E-state index in [4.69, 9.17) is 9.47 Å². The first-order valence-corrected chi connectivity index (χ1v) is 12.3. The molecule has 1 aromatic heterocycles. The van der Waals surface area contributed by atoms with E-state index in [9.17, 15) is 9.59 Å². The molecule has 9 heteroatoms. The van der Waals surface area contributed by atoms with E-state index >= 15 is 0 Å². The molecule has 36 heavy (non-hydrogen) atoms. The summed E-state index contributed by atoms with van der Waals surface area (Å²) in [6, 6.07) is 23.2. The minimum absolute atomic E-state index is 0.00140. The summed E-state index contributed by atoms with van der Waals surface area (Å²) in [7, 11) is 1.57. The number of aromatic nitrogens is 3. The number of anilines is 2. The number of benzene rings is 3. The molecule has 0 saturated heterocycles. The Morgan fingerprint density at radius 3 is 2.25 bits per heavy atom. The number of carbonyl (C=O) groups excluding carboxylic acids is 2. The van der Waals surface area contributed by atoms with E-state index in [0.29, 0.717) is 23.6 Å². The highest BCUT2D eigenvalue weighted by molar-refractivity contribution is 7.99. The number of carbonyl (C=O) groups is 2. The van der Waals surface area contributed by atoms with Crippen LogP contribution in [-0.4, -0.2) is 40.4 Å². The van der Waals surface area contributed by atoms with E-state index in [1.165, 1.54) is 4.68 Å². The molecule has 1 aliphatic heterocycles. The van der Waals surface area contributed by atoms with Gasteiger partial charge in [0.1, 0.15) is 24.6 Å². The quantitative estimate of drug-likeness (QED) is 0.237. The van der Waals surface area contributed by atoms with E-state index in [1.54, 1.807) is 49.3 Å². The van der Waals surface area contributed by atoms with Crippen LogP contribution in [0.2, 0.25) is 0 Å². The van der Waals surface area contributed by atoms with Crippen LogP contribution in [-0.2, 0) is 22.7 Å². The van der Waals surface area contributed by atoms with Gasteiger partial charge in [0.25, 0.3) is 0 Å². The zero-order valence-corrected chi connectivity index (χ0v) is 20.5. The van der Waals surface area contributed by atoms with E-state index in [0.717, 1.165) is 21.2 Å². The first-order chi connectivity index (χ1) is 17.6. The third kappa shape index (κ3) is 5.26. The van der Waals surface area contributed by atoms with Gasteiger partial charge in [-0.2, -0.15) is 0 Å². The lowest BCUT2D eigenvalue weighted by Crippen LogP contribution is -2.24. The van der Waals surface area contributed by atoms with Gasteiger partial charge in [0, 0.05) is 21.9 Å². The zero-order chi connectivity index (χ0) is 24.9. The van der Waals surface area contributed by atoms with Gasteiger partial charge in [0.2, 0.25) is 0 Å². The molecule has 0 unspecified atom stereocenters. The fourth-order valence-corrected chi connectivity index (χ4v) is 5.04. The summed E-state index contributed by atoms with van der Waals surface area (Å²) >= 11 is 1.73. The SMILES string of the molecule is COc1ccc(C(=O)Cn2cc(COC(=O)CCN3c4ccccc4Sc4ccccc43)nn2)cc1. The fourth-order valence-electron chi connectivity index (χ4n) is 3.95. The van der Waals surface area contributed by atoms with Crippen molar-refractivity contribution >= 4 is 34.9 Å². The third-order valence-corrected chi connectivity index (χ3v) is 6.89. The van der Waals surface area contributed by atoms with Crippen molar-refractivity contribution in [2.24, 2.45) is 0 Å². The number of Topliss-reactive ketones (excluding diaryl/α,β-unsaturated/α-hetero) is 1. The molecule has 3 aromatic carbocycles. The van der Waals surface area contributed by atoms with E-state index in [-0.39, 0.29) is 31.3 Å². The number of esters is 1. The van der Waals surface area contributed by atoms with E-state index in [2.05, 4.69) is 39.5 Å². The van der Waals surface area contributed by atoms with Crippen LogP contribution in [0.25, 0.3) is 0 Å². The maximum atomic E-state index is 12.5. The number of methoxy groups -OCH3 is 1. The highest BCUT2D eigenvalue weighted by atomic mass is 32.2. The van der Waals surface area contributed by atoms with Crippen LogP contribution in [0.4, 0.5) is 11.4 Å². The predicted molar refractivity (Wildman–Crippen MR) is 136 cm³/mol. The Morgan fingerprint density at radius 1 is 0.917 bits per heavy atom. The first kappa shape index (κ1) is 23.6. The lowest BCUT2D eigenvalue weighted by atomic mass is 10.1. The molecule has 4 aromatic rings. The molecule has 8 nitrogen and oxygen atoms in total. The number of ketones is 1. The Bertz CT molecular complexity index is 1340. The molecule has 0 aliphatic carbocycles. The van der Waals surface area contributed by atoms with Crippen LogP contribution in [0.3, 0.4) is 0 Å². The summed E-state index contributed by atoms with van der Waals surface area (Å²) < 4.78 is 12.0. The van der Waals surface area contributed by atoms with Crippen LogP contribution >= 0.6 is 11.8 Å². The normalized spacial score (nSPS) is 12.0. The molecule has 0 N–H and O–H groups in total. The monoisotopic (exact) mass is 500 g/mol. The summed E-state index contributed by atoms with van der Waals surface area (Å²) in [5.74, 6) is 0.252. The molecule has 0 radical (unpaired) electrons. The largest absolute Gasteiger partial charge is 0.497 e. The second kappa shape index (κ2) is 10.7. The molecule has 0 spiro atoms. The molecular weight excluding hydrogens is 476 g/mol. The molecule has 2 heterocycles. The first-order valence-electron chi connectivity index (χ1n) is 11.5. The van der Waals surface area contributed by atoms with E-state index in [1.807, 2.05) is 24.3 Å². The van der Waals surface area contributed by atoms with Gasteiger partial charge in [-0.25, -0.2) is 4.68 Å². The summed E-state index contributed by atoms with van der Waals surface area (Å²) in [5, 5.41) is 8.00. The smallest absolute Gasteiger partial charge is 0.307 e. The number of para-hydroxylation sites is 2. The van der Waals surface area contributed by atoms with Gasteiger partial charge in [-0.3, -0.25) is 9.59 Å². The molecule has 0 atom stereocenters. The van der Waals surface area contributed by atoms with Gasteiger partial charge in [0.05, 0.1) is 31.1 Å². The Kier molecular flexibility index (Phi) is 6.99. The summed E-state index contributed by atoms with van der Waals surface area (Å²) in [4.78, 5) is 29.5. The van der Waals surface area contributed by atoms with Gasteiger partial charge in [0.15, 0.2) is 5.78 Å². The van der Waals surface area contributed by atoms with Crippen molar-refractivity contribution in [1.29, 1.82) is 0 Å². The highest BCUT2D eigenvalue weighted by Gasteiger charge is 2.23. The van der Waals surface area contributed by atoms with Gasteiger partial charge in [-0.05, 0) is 48.5 Å². The minimum atomic E-state index is -0.327. The standard InChI is InChI=1S/C27H24N4O4S/c1-34-21-12-10-19(11-13-21)24(32)17-30-16-20(28-29-30)18-35-27(33)14-15-31-22-6-2-4-8-25(22)36-26-9-5-3-7-23(26)31/h2-13,16H,14-15,17-18H2,1H3. The maximum absolute atomic E-state index is 12.5. The molecule has 0 saturated carbocycles. The predicted octanol–water partition coefficient (Wildman–Crippen LogP) is 4.91. The second-order valence-corrected chi connectivity index (χ2v) is 9.24. The molecule has 0 bridgehead atoms. The number of hydrogen-bond acceptors (Lipinski definition) is 8. The molecule has 0 fully saturated rings. The number of rotatable bonds is 9. The second-order valence-electron chi connectivity index (χ2n) is 8.16. The van der Waals surface area contributed by atoms with Crippen LogP contribution in [0.1, 0.15) is 22.5 Å². The number of hydrogen-bond donors (Lipinski definition) is 0. The molecule has 182 valence electrons. The third-order valence-electron chi connectivity index (χ3n) is 5.76. The van der Waals surface area contributed by atoms with Crippen LogP contribution in [0.5, 0.6) is 5.75 Å². The molecular formula is C27H24N4O4S.